The molecule has 4 aliphatic heterocycles. The van der Waals surface area contributed by atoms with Gasteiger partial charge < -0.3 is 9.64 Å². The van der Waals surface area contributed by atoms with E-state index in [1.54, 1.807) is 13.2 Å². The summed E-state index contributed by atoms with van der Waals surface area (Å²) < 4.78 is 5.48. The van der Waals surface area contributed by atoms with Crippen molar-refractivity contribution >= 4 is 5.82 Å². The molecule has 1 aromatic carbocycles. The van der Waals surface area contributed by atoms with E-state index in [-0.39, 0.29) is 0 Å². The number of pyridine rings is 1. The lowest BCUT2D eigenvalue weighted by Gasteiger charge is -2.51. The molecule has 4 saturated heterocycles. The van der Waals surface area contributed by atoms with Crippen LogP contribution in [-0.2, 0) is 0 Å². The number of hydrogen-bond acceptors (Lipinski definition) is 5. The summed E-state index contributed by atoms with van der Waals surface area (Å²) >= 11 is 0. The standard InChI is InChI=1S/C22H24N4O/c1-27-18-6-2-4-16(12-18)19-14-26(20-7-3-5-17(13-23)24-20)21-15-8-10-25(11-9-15)22(19)21/h2-7,12,15,19,21-22H,8-11,14H2,1H3/t19-,21+,22+/m0/s1. The molecule has 4 aliphatic rings. The Morgan fingerprint density at radius 2 is 1.93 bits per heavy atom. The van der Waals surface area contributed by atoms with Gasteiger partial charge in [-0.15, -0.1) is 0 Å². The van der Waals surface area contributed by atoms with Crippen LogP contribution in [0.3, 0.4) is 0 Å². The fourth-order valence-corrected chi connectivity index (χ4v) is 5.49. The Balaban J connectivity index is 1.56. The summed E-state index contributed by atoms with van der Waals surface area (Å²) in [4.78, 5) is 9.79. The molecule has 2 aromatic rings. The highest BCUT2D eigenvalue weighted by atomic mass is 16.5. The lowest BCUT2D eigenvalue weighted by molar-refractivity contribution is 0.0354. The highest BCUT2D eigenvalue weighted by Gasteiger charge is 2.53. The molecule has 2 bridgehead atoms. The largest absolute Gasteiger partial charge is 0.497 e. The zero-order valence-corrected chi connectivity index (χ0v) is 15.6. The average molecular weight is 360 g/mol. The third-order valence-electron chi connectivity index (χ3n) is 6.66. The summed E-state index contributed by atoms with van der Waals surface area (Å²) in [6, 6.07) is 17.5. The van der Waals surface area contributed by atoms with Gasteiger partial charge in [-0.1, -0.05) is 18.2 Å². The Morgan fingerprint density at radius 3 is 2.70 bits per heavy atom. The zero-order chi connectivity index (χ0) is 18.4. The maximum absolute atomic E-state index is 9.28. The second-order valence-electron chi connectivity index (χ2n) is 7.88. The molecule has 27 heavy (non-hydrogen) atoms. The predicted molar refractivity (Wildman–Crippen MR) is 104 cm³/mol. The number of methoxy groups -OCH3 is 1. The quantitative estimate of drug-likeness (QED) is 0.842. The van der Waals surface area contributed by atoms with Gasteiger partial charge in [0.05, 0.1) is 7.11 Å². The van der Waals surface area contributed by atoms with Gasteiger partial charge in [0, 0.05) is 24.5 Å². The molecule has 6 rings (SSSR count). The van der Waals surface area contributed by atoms with Crippen LogP contribution in [0.1, 0.15) is 30.0 Å². The van der Waals surface area contributed by atoms with E-state index in [0.29, 0.717) is 29.6 Å². The molecular weight excluding hydrogens is 336 g/mol. The molecule has 0 radical (unpaired) electrons. The Morgan fingerprint density at radius 1 is 1.11 bits per heavy atom. The van der Waals surface area contributed by atoms with Crippen molar-refractivity contribution in [2.24, 2.45) is 5.92 Å². The number of anilines is 1. The van der Waals surface area contributed by atoms with Crippen molar-refractivity contribution in [2.45, 2.75) is 30.8 Å². The molecule has 5 heteroatoms. The first-order valence-electron chi connectivity index (χ1n) is 9.80. The summed E-state index contributed by atoms with van der Waals surface area (Å²) in [6.45, 7) is 3.34. The van der Waals surface area contributed by atoms with Crippen molar-refractivity contribution in [1.82, 2.24) is 9.88 Å². The highest BCUT2D eigenvalue weighted by molar-refractivity contribution is 5.49. The monoisotopic (exact) mass is 360 g/mol. The molecule has 5 nitrogen and oxygen atoms in total. The number of hydrogen-bond donors (Lipinski definition) is 0. The first kappa shape index (κ1) is 16.6. The molecule has 4 fully saturated rings. The van der Waals surface area contributed by atoms with Crippen molar-refractivity contribution in [3.63, 3.8) is 0 Å². The molecule has 0 aliphatic carbocycles. The third-order valence-corrected chi connectivity index (χ3v) is 6.66. The number of piperidine rings is 3. The van der Waals surface area contributed by atoms with Crippen molar-refractivity contribution in [1.29, 1.82) is 5.26 Å². The SMILES string of the molecule is COc1cccc([C@@H]2CN(c3cccc(C#N)n3)[C@@H]3C4CCN(CC4)[C@@H]32)c1. The summed E-state index contributed by atoms with van der Waals surface area (Å²) in [6.07, 6.45) is 2.53. The molecule has 138 valence electrons. The van der Waals surface area contributed by atoms with Crippen LogP contribution in [0.25, 0.3) is 0 Å². The third kappa shape index (κ3) is 2.67. The van der Waals surface area contributed by atoms with E-state index in [4.69, 9.17) is 4.74 Å². The summed E-state index contributed by atoms with van der Waals surface area (Å²) in [7, 11) is 1.73. The van der Waals surface area contributed by atoms with E-state index in [1.807, 2.05) is 12.1 Å². The predicted octanol–water partition coefficient (Wildman–Crippen LogP) is 3.03. The van der Waals surface area contributed by atoms with Crippen LogP contribution >= 0.6 is 0 Å². The van der Waals surface area contributed by atoms with Crippen molar-refractivity contribution in [3.05, 3.63) is 53.7 Å². The Bertz CT molecular complexity index is 884. The van der Waals surface area contributed by atoms with Crippen LogP contribution in [0.4, 0.5) is 5.82 Å². The summed E-state index contributed by atoms with van der Waals surface area (Å²) in [5.41, 5.74) is 1.84. The molecule has 5 heterocycles. The molecular formula is C22H24N4O. The van der Waals surface area contributed by atoms with Crippen LogP contribution in [0.2, 0.25) is 0 Å². The van der Waals surface area contributed by atoms with E-state index in [1.165, 1.54) is 31.5 Å². The lowest BCUT2D eigenvalue weighted by Crippen LogP contribution is -2.60. The molecule has 0 spiro atoms. The van der Waals surface area contributed by atoms with Gasteiger partial charge in [-0.25, -0.2) is 4.98 Å². The maximum Gasteiger partial charge on any atom is 0.142 e. The number of fused-ring (bicyclic) bond motifs is 2. The molecule has 0 saturated carbocycles. The smallest absolute Gasteiger partial charge is 0.142 e. The van der Waals surface area contributed by atoms with Crippen LogP contribution in [-0.4, -0.2) is 48.7 Å². The van der Waals surface area contributed by atoms with Gasteiger partial charge in [0.2, 0.25) is 0 Å². The minimum Gasteiger partial charge on any atom is -0.497 e. The first-order valence-corrected chi connectivity index (χ1v) is 9.80. The first-order chi connectivity index (χ1) is 13.3. The van der Waals surface area contributed by atoms with Crippen LogP contribution in [0.5, 0.6) is 5.75 Å². The van der Waals surface area contributed by atoms with E-state index < -0.39 is 0 Å². The van der Waals surface area contributed by atoms with Gasteiger partial charge in [0.25, 0.3) is 0 Å². The minimum atomic E-state index is 0.431. The fraction of sp³-hybridized carbons (Fsp3) is 0.455. The fourth-order valence-electron chi connectivity index (χ4n) is 5.49. The average Bonchev–Trinajstić information content (AvgIpc) is 3.18. The molecule has 1 aromatic heterocycles. The van der Waals surface area contributed by atoms with E-state index >= 15 is 0 Å². The normalized spacial score (nSPS) is 31.4. The highest BCUT2D eigenvalue weighted by Crippen LogP contribution is 2.47. The second-order valence-corrected chi connectivity index (χ2v) is 7.88. The van der Waals surface area contributed by atoms with Crippen molar-refractivity contribution in [2.75, 3.05) is 31.6 Å². The number of nitriles is 1. The number of aromatic nitrogens is 1. The number of benzene rings is 1. The number of rotatable bonds is 3. The number of nitrogens with zero attached hydrogens (tertiary/aromatic N) is 4. The van der Waals surface area contributed by atoms with Gasteiger partial charge >= 0.3 is 0 Å². The lowest BCUT2D eigenvalue weighted by atomic mass is 9.75. The molecule has 0 amide bonds. The maximum atomic E-state index is 9.28. The van der Waals surface area contributed by atoms with Gasteiger partial charge in [-0.3, -0.25) is 4.90 Å². The zero-order valence-electron chi connectivity index (χ0n) is 15.6. The van der Waals surface area contributed by atoms with E-state index in [2.05, 4.69) is 45.1 Å². The summed E-state index contributed by atoms with van der Waals surface area (Å²) in [5.74, 6) is 3.01. The van der Waals surface area contributed by atoms with Crippen molar-refractivity contribution < 1.29 is 4.74 Å². The van der Waals surface area contributed by atoms with Crippen LogP contribution in [0, 0.1) is 17.2 Å². The van der Waals surface area contributed by atoms with Crippen molar-refractivity contribution in [3.8, 4) is 11.8 Å². The topological polar surface area (TPSA) is 52.4 Å². The molecule has 3 atom stereocenters. The second kappa shape index (κ2) is 6.54. The molecule has 0 N–H and O–H groups in total. The van der Waals surface area contributed by atoms with Crippen LogP contribution < -0.4 is 9.64 Å². The van der Waals surface area contributed by atoms with E-state index in [9.17, 15) is 5.26 Å². The van der Waals surface area contributed by atoms with E-state index in [0.717, 1.165) is 18.1 Å². The van der Waals surface area contributed by atoms with Crippen LogP contribution in [0.15, 0.2) is 42.5 Å². The Hall–Kier alpha value is -2.58. The van der Waals surface area contributed by atoms with Gasteiger partial charge in [0.15, 0.2) is 0 Å². The van der Waals surface area contributed by atoms with Gasteiger partial charge in [-0.05, 0) is 61.7 Å². The Labute approximate surface area is 160 Å². The summed E-state index contributed by atoms with van der Waals surface area (Å²) in [5, 5.41) is 9.28. The molecule has 0 unspecified atom stereocenters. The minimum absolute atomic E-state index is 0.431. The Kier molecular flexibility index (Phi) is 4.02. The van der Waals surface area contributed by atoms with Gasteiger partial charge in [0.1, 0.15) is 23.3 Å². The van der Waals surface area contributed by atoms with Gasteiger partial charge in [-0.2, -0.15) is 5.26 Å². The number of ether oxygens (including phenoxy) is 1.